The van der Waals surface area contributed by atoms with Gasteiger partial charge in [0.25, 0.3) is 0 Å². The molecule has 0 aliphatic heterocycles. The summed E-state index contributed by atoms with van der Waals surface area (Å²) < 4.78 is 0. The van der Waals surface area contributed by atoms with Crippen molar-refractivity contribution in [1.82, 2.24) is 0 Å². The Labute approximate surface area is 99.7 Å². The van der Waals surface area contributed by atoms with Crippen molar-refractivity contribution in [2.24, 2.45) is 0 Å². The van der Waals surface area contributed by atoms with Gasteiger partial charge in [0.1, 0.15) is 0 Å². The minimum absolute atomic E-state index is 0.477. The fourth-order valence-electron chi connectivity index (χ4n) is 1.89. The van der Waals surface area contributed by atoms with Crippen LogP contribution in [0.5, 0.6) is 0 Å². The van der Waals surface area contributed by atoms with Crippen molar-refractivity contribution in [3.05, 3.63) is 34.3 Å². The minimum Gasteiger partial charge on any atom is -0.479 e. The summed E-state index contributed by atoms with van der Waals surface area (Å²) in [7, 11) is 0. The van der Waals surface area contributed by atoms with Crippen LogP contribution in [0.3, 0.4) is 0 Å². The summed E-state index contributed by atoms with van der Waals surface area (Å²) in [6.45, 7) is 5.18. The van der Waals surface area contributed by atoms with Crippen LogP contribution in [0.15, 0.2) is 18.2 Å². The molecule has 88 valence electrons. The largest absolute Gasteiger partial charge is 0.479 e. The lowest BCUT2D eigenvalue weighted by Crippen LogP contribution is -2.40. The molecule has 0 radical (unpaired) electrons. The Hall–Kier alpha value is -1.06. The van der Waals surface area contributed by atoms with E-state index in [1.54, 1.807) is 26.0 Å². The Morgan fingerprint density at radius 1 is 1.44 bits per heavy atom. The Kier molecular flexibility index (Phi) is 3.61. The molecular weight excluding hydrogens is 228 g/mol. The summed E-state index contributed by atoms with van der Waals surface area (Å²) in [5.41, 5.74) is 0.623. The first-order valence-electron chi connectivity index (χ1n) is 4.95. The Balaban J connectivity index is 3.31. The molecule has 1 unspecified atom stereocenters. The van der Waals surface area contributed by atoms with Crippen molar-refractivity contribution in [2.75, 3.05) is 0 Å². The summed E-state index contributed by atoms with van der Waals surface area (Å²) in [6, 6.07) is 5.34. The lowest BCUT2D eigenvalue weighted by Gasteiger charge is -2.30. The van der Waals surface area contributed by atoms with E-state index < -0.39 is 17.5 Å². The van der Waals surface area contributed by atoms with E-state index in [2.05, 4.69) is 0 Å². The van der Waals surface area contributed by atoms with Gasteiger partial charge >= 0.3 is 5.97 Å². The van der Waals surface area contributed by atoms with Crippen LogP contribution in [0, 0.1) is 6.92 Å². The quantitative estimate of drug-likeness (QED) is 0.856. The van der Waals surface area contributed by atoms with Crippen LogP contribution < -0.4 is 0 Å². The first kappa shape index (κ1) is 13.0. The zero-order valence-corrected chi connectivity index (χ0v) is 10.2. The van der Waals surface area contributed by atoms with Crippen molar-refractivity contribution < 1.29 is 15.0 Å². The molecule has 0 saturated carbocycles. The van der Waals surface area contributed by atoms with Crippen LogP contribution in [-0.2, 0) is 10.2 Å². The molecule has 1 rings (SSSR count). The number of aryl methyl sites for hydroxylation is 1. The zero-order chi connectivity index (χ0) is 12.5. The second kappa shape index (κ2) is 4.44. The van der Waals surface area contributed by atoms with Gasteiger partial charge in [-0.15, -0.1) is 0 Å². The third-order valence-corrected chi connectivity index (χ3v) is 3.10. The zero-order valence-electron chi connectivity index (χ0n) is 9.49. The van der Waals surface area contributed by atoms with Crippen LogP contribution in [0.25, 0.3) is 0 Å². The predicted molar refractivity (Wildman–Crippen MR) is 62.9 cm³/mol. The molecule has 16 heavy (non-hydrogen) atoms. The number of aliphatic hydroxyl groups excluding tert-OH is 1. The highest BCUT2D eigenvalue weighted by Crippen LogP contribution is 2.35. The molecule has 1 atom stereocenters. The van der Waals surface area contributed by atoms with E-state index in [0.717, 1.165) is 5.56 Å². The van der Waals surface area contributed by atoms with Crippen LogP contribution in [0.4, 0.5) is 0 Å². The normalized spacial score (nSPS) is 13.6. The van der Waals surface area contributed by atoms with E-state index in [-0.39, 0.29) is 0 Å². The lowest BCUT2D eigenvalue weighted by atomic mass is 9.77. The number of carboxylic acids is 1. The Morgan fingerprint density at radius 3 is 2.44 bits per heavy atom. The molecule has 0 aliphatic rings. The van der Waals surface area contributed by atoms with Gasteiger partial charge < -0.3 is 10.2 Å². The summed E-state index contributed by atoms with van der Waals surface area (Å²) in [5.74, 6) is -1.25. The first-order valence-corrected chi connectivity index (χ1v) is 5.32. The summed E-state index contributed by atoms with van der Waals surface area (Å²) in [5, 5.41) is 19.0. The smallest absolute Gasteiger partial charge is 0.333 e. The number of halogens is 1. The van der Waals surface area contributed by atoms with Gasteiger partial charge in [-0.2, -0.15) is 0 Å². The van der Waals surface area contributed by atoms with E-state index in [9.17, 15) is 9.90 Å². The molecule has 0 amide bonds. The van der Waals surface area contributed by atoms with Crippen LogP contribution in [-0.4, -0.2) is 22.3 Å². The first-order chi connectivity index (χ1) is 7.28. The summed E-state index contributed by atoms with van der Waals surface area (Å²) >= 11 is 6.06. The molecule has 2 N–H and O–H groups in total. The molecule has 0 aromatic heterocycles. The second-order valence-electron chi connectivity index (χ2n) is 4.39. The number of benzene rings is 1. The molecule has 0 saturated heterocycles. The predicted octanol–water partition coefficient (Wildman–Crippen LogP) is 2.37. The van der Waals surface area contributed by atoms with Gasteiger partial charge in [0, 0.05) is 10.4 Å². The van der Waals surface area contributed by atoms with Gasteiger partial charge in [0.05, 0.1) is 0 Å². The van der Waals surface area contributed by atoms with E-state index in [1.165, 1.54) is 0 Å². The van der Waals surface area contributed by atoms with Crippen molar-refractivity contribution in [2.45, 2.75) is 32.3 Å². The number of carbonyl (C=O) groups is 1. The van der Waals surface area contributed by atoms with Crippen molar-refractivity contribution >= 4 is 17.6 Å². The van der Waals surface area contributed by atoms with Crippen LogP contribution in [0.1, 0.15) is 25.0 Å². The standard InChI is InChI=1S/C12H15ClO3/c1-7-5-4-6-8(13)9(7)12(2,3)10(14)11(15)16/h4-6,10,14H,1-3H3,(H,15,16). The van der Waals surface area contributed by atoms with Gasteiger partial charge in [-0.05, 0) is 24.1 Å². The number of hydrogen-bond acceptors (Lipinski definition) is 2. The van der Waals surface area contributed by atoms with E-state index in [1.807, 2.05) is 13.0 Å². The fourth-order valence-corrected chi connectivity index (χ4v) is 2.36. The summed E-state index contributed by atoms with van der Waals surface area (Å²) in [6.07, 6.45) is -1.48. The number of rotatable bonds is 3. The average Bonchev–Trinajstić information content (AvgIpc) is 2.15. The van der Waals surface area contributed by atoms with Crippen molar-refractivity contribution in [3.8, 4) is 0 Å². The third kappa shape index (κ3) is 2.20. The molecule has 0 heterocycles. The van der Waals surface area contributed by atoms with Crippen molar-refractivity contribution in [1.29, 1.82) is 0 Å². The molecule has 1 aromatic carbocycles. The molecular formula is C12H15ClO3. The number of hydrogen-bond donors (Lipinski definition) is 2. The van der Waals surface area contributed by atoms with E-state index in [0.29, 0.717) is 10.6 Å². The Bertz CT molecular complexity index is 392. The molecule has 4 heteroatoms. The molecule has 1 aromatic rings. The maximum absolute atomic E-state index is 10.8. The number of carboxylic acid groups (broad SMARTS) is 1. The molecule has 0 spiro atoms. The molecule has 0 aliphatic carbocycles. The lowest BCUT2D eigenvalue weighted by molar-refractivity contribution is -0.150. The van der Waals surface area contributed by atoms with Gasteiger partial charge in [-0.25, -0.2) is 4.79 Å². The highest BCUT2D eigenvalue weighted by molar-refractivity contribution is 6.31. The van der Waals surface area contributed by atoms with Crippen LogP contribution in [0.2, 0.25) is 5.02 Å². The van der Waals surface area contributed by atoms with Crippen LogP contribution >= 0.6 is 11.6 Å². The topological polar surface area (TPSA) is 57.5 Å². The van der Waals surface area contributed by atoms with Gasteiger partial charge in [-0.1, -0.05) is 37.6 Å². The van der Waals surface area contributed by atoms with E-state index >= 15 is 0 Å². The highest BCUT2D eigenvalue weighted by Gasteiger charge is 2.37. The molecule has 3 nitrogen and oxygen atoms in total. The monoisotopic (exact) mass is 242 g/mol. The minimum atomic E-state index is -1.48. The Morgan fingerprint density at radius 2 is 2.00 bits per heavy atom. The maximum atomic E-state index is 10.8. The summed E-state index contributed by atoms with van der Waals surface area (Å²) in [4.78, 5) is 10.8. The number of aliphatic hydroxyl groups is 1. The van der Waals surface area contributed by atoms with Gasteiger partial charge in [0.15, 0.2) is 6.10 Å². The third-order valence-electron chi connectivity index (χ3n) is 2.78. The van der Waals surface area contributed by atoms with Gasteiger partial charge in [0.2, 0.25) is 0 Å². The number of aliphatic carboxylic acids is 1. The second-order valence-corrected chi connectivity index (χ2v) is 4.80. The SMILES string of the molecule is Cc1cccc(Cl)c1C(C)(C)C(O)C(=O)O. The van der Waals surface area contributed by atoms with Crippen molar-refractivity contribution in [3.63, 3.8) is 0 Å². The maximum Gasteiger partial charge on any atom is 0.333 e. The fraction of sp³-hybridized carbons (Fsp3) is 0.417. The average molecular weight is 243 g/mol. The molecule has 0 fully saturated rings. The highest BCUT2D eigenvalue weighted by atomic mass is 35.5. The molecule has 0 bridgehead atoms. The van der Waals surface area contributed by atoms with E-state index in [4.69, 9.17) is 16.7 Å². The van der Waals surface area contributed by atoms with Gasteiger partial charge in [-0.3, -0.25) is 0 Å².